The fraction of sp³-hybridized carbons (Fsp3) is 0.667. The Morgan fingerprint density at radius 1 is 1.24 bits per heavy atom. The standard InChI is InChI=1S/C18H31NO2/c1-7-12-19-16(10-11-18(3,4)21-6)15-13-14(2)8-9-17(15)20-5/h8-9,13,16,19H,7,10-12H2,1-6H3. The predicted octanol–water partition coefficient (Wildman–Crippen LogP) is 4.25. The summed E-state index contributed by atoms with van der Waals surface area (Å²) in [6.45, 7) is 9.60. The lowest BCUT2D eigenvalue weighted by Gasteiger charge is -2.27. The summed E-state index contributed by atoms with van der Waals surface area (Å²) in [5, 5.41) is 3.65. The highest BCUT2D eigenvalue weighted by Crippen LogP contribution is 2.31. The molecular weight excluding hydrogens is 262 g/mol. The first-order chi connectivity index (χ1) is 9.93. The molecule has 0 aliphatic heterocycles. The van der Waals surface area contributed by atoms with E-state index in [-0.39, 0.29) is 5.60 Å². The van der Waals surface area contributed by atoms with Gasteiger partial charge in [0.05, 0.1) is 12.7 Å². The summed E-state index contributed by atoms with van der Waals surface area (Å²) in [6.07, 6.45) is 3.15. The van der Waals surface area contributed by atoms with Gasteiger partial charge in [0.1, 0.15) is 5.75 Å². The summed E-state index contributed by atoms with van der Waals surface area (Å²) in [4.78, 5) is 0. The second-order valence-electron chi connectivity index (χ2n) is 6.25. The highest BCUT2D eigenvalue weighted by atomic mass is 16.5. The van der Waals surface area contributed by atoms with E-state index in [1.54, 1.807) is 14.2 Å². The topological polar surface area (TPSA) is 30.5 Å². The Morgan fingerprint density at radius 2 is 1.95 bits per heavy atom. The van der Waals surface area contributed by atoms with Gasteiger partial charge in [0.15, 0.2) is 0 Å². The fourth-order valence-corrected chi connectivity index (χ4v) is 2.41. The van der Waals surface area contributed by atoms with Crippen molar-refractivity contribution in [3.8, 4) is 5.75 Å². The van der Waals surface area contributed by atoms with Crippen LogP contribution in [0.3, 0.4) is 0 Å². The highest BCUT2D eigenvalue weighted by Gasteiger charge is 2.22. The van der Waals surface area contributed by atoms with Crippen molar-refractivity contribution in [1.29, 1.82) is 0 Å². The summed E-state index contributed by atoms with van der Waals surface area (Å²) in [5.74, 6) is 0.962. The second-order valence-corrected chi connectivity index (χ2v) is 6.25. The van der Waals surface area contributed by atoms with E-state index in [1.807, 2.05) is 0 Å². The minimum atomic E-state index is -0.0940. The molecule has 1 atom stereocenters. The molecule has 1 aromatic carbocycles. The monoisotopic (exact) mass is 293 g/mol. The van der Waals surface area contributed by atoms with Gasteiger partial charge in [-0.05, 0) is 52.6 Å². The molecular formula is C18H31NO2. The van der Waals surface area contributed by atoms with Crippen LogP contribution in [0.1, 0.15) is 57.2 Å². The van der Waals surface area contributed by atoms with Gasteiger partial charge in [-0.2, -0.15) is 0 Å². The normalized spacial score (nSPS) is 13.2. The first-order valence-corrected chi connectivity index (χ1v) is 7.86. The first-order valence-electron chi connectivity index (χ1n) is 7.86. The van der Waals surface area contributed by atoms with Crippen molar-refractivity contribution in [1.82, 2.24) is 5.32 Å². The molecule has 1 N–H and O–H groups in total. The Labute approximate surface area is 130 Å². The molecule has 0 saturated carbocycles. The van der Waals surface area contributed by atoms with Gasteiger partial charge in [-0.3, -0.25) is 0 Å². The van der Waals surface area contributed by atoms with E-state index in [1.165, 1.54) is 11.1 Å². The quantitative estimate of drug-likeness (QED) is 0.738. The smallest absolute Gasteiger partial charge is 0.123 e. The number of rotatable bonds is 9. The maximum Gasteiger partial charge on any atom is 0.123 e. The number of methoxy groups -OCH3 is 2. The molecule has 21 heavy (non-hydrogen) atoms. The summed E-state index contributed by atoms with van der Waals surface area (Å²) >= 11 is 0. The molecule has 0 aromatic heterocycles. The van der Waals surface area contributed by atoms with Crippen molar-refractivity contribution >= 4 is 0 Å². The maximum absolute atomic E-state index is 5.55. The first kappa shape index (κ1) is 18.0. The fourth-order valence-electron chi connectivity index (χ4n) is 2.41. The Morgan fingerprint density at radius 3 is 2.52 bits per heavy atom. The maximum atomic E-state index is 5.55. The van der Waals surface area contributed by atoms with Gasteiger partial charge in [-0.15, -0.1) is 0 Å². The number of ether oxygens (including phenoxy) is 2. The van der Waals surface area contributed by atoms with Crippen LogP contribution in [0.5, 0.6) is 5.75 Å². The van der Waals surface area contributed by atoms with Crippen LogP contribution in [0.2, 0.25) is 0 Å². The van der Waals surface area contributed by atoms with Crippen LogP contribution in [0.15, 0.2) is 18.2 Å². The molecule has 0 heterocycles. The van der Waals surface area contributed by atoms with Crippen LogP contribution in [0, 0.1) is 6.92 Å². The summed E-state index contributed by atoms with van der Waals surface area (Å²) in [6, 6.07) is 6.69. The third kappa shape index (κ3) is 5.68. The van der Waals surface area contributed by atoms with Crippen LogP contribution in [0.4, 0.5) is 0 Å². The zero-order valence-electron chi connectivity index (χ0n) is 14.5. The molecule has 0 radical (unpaired) electrons. The molecule has 1 rings (SSSR count). The average Bonchev–Trinajstić information content (AvgIpc) is 2.47. The van der Waals surface area contributed by atoms with Crippen LogP contribution < -0.4 is 10.1 Å². The number of nitrogens with one attached hydrogen (secondary N) is 1. The van der Waals surface area contributed by atoms with Crippen molar-refractivity contribution in [3.05, 3.63) is 29.3 Å². The molecule has 1 unspecified atom stereocenters. The van der Waals surface area contributed by atoms with E-state index in [2.05, 4.69) is 51.2 Å². The molecule has 0 spiro atoms. The van der Waals surface area contributed by atoms with Gasteiger partial charge >= 0.3 is 0 Å². The van der Waals surface area contributed by atoms with Crippen molar-refractivity contribution in [2.45, 2.75) is 58.6 Å². The molecule has 0 aliphatic rings. The summed E-state index contributed by atoms with van der Waals surface area (Å²) < 4.78 is 11.1. The Balaban J connectivity index is 2.93. The Kier molecular flexibility index (Phi) is 7.20. The van der Waals surface area contributed by atoms with Gasteiger partial charge in [0, 0.05) is 18.7 Å². The van der Waals surface area contributed by atoms with Gasteiger partial charge in [0.25, 0.3) is 0 Å². The lowest BCUT2D eigenvalue weighted by molar-refractivity contribution is 0.0116. The molecule has 0 bridgehead atoms. The lowest BCUT2D eigenvalue weighted by Crippen LogP contribution is -2.28. The van der Waals surface area contributed by atoms with Crippen LogP contribution >= 0.6 is 0 Å². The van der Waals surface area contributed by atoms with Crippen molar-refractivity contribution in [2.75, 3.05) is 20.8 Å². The number of hydrogen-bond donors (Lipinski definition) is 1. The molecule has 1 aromatic rings. The van der Waals surface area contributed by atoms with E-state index in [0.717, 1.165) is 31.6 Å². The van der Waals surface area contributed by atoms with E-state index in [4.69, 9.17) is 9.47 Å². The number of hydrogen-bond acceptors (Lipinski definition) is 3. The molecule has 120 valence electrons. The summed E-state index contributed by atoms with van der Waals surface area (Å²) in [5.41, 5.74) is 2.42. The van der Waals surface area contributed by atoms with E-state index < -0.39 is 0 Å². The molecule has 0 saturated heterocycles. The summed E-state index contributed by atoms with van der Waals surface area (Å²) in [7, 11) is 3.52. The third-order valence-electron chi connectivity index (χ3n) is 3.99. The minimum absolute atomic E-state index is 0.0940. The lowest BCUT2D eigenvalue weighted by atomic mass is 9.93. The van der Waals surface area contributed by atoms with Gasteiger partial charge < -0.3 is 14.8 Å². The van der Waals surface area contributed by atoms with Crippen molar-refractivity contribution in [2.24, 2.45) is 0 Å². The van der Waals surface area contributed by atoms with Crippen LogP contribution in [0.25, 0.3) is 0 Å². The molecule has 3 nitrogen and oxygen atoms in total. The zero-order valence-corrected chi connectivity index (χ0v) is 14.5. The van der Waals surface area contributed by atoms with Gasteiger partial charge in [-0.1, -0.05) is 24.6 Å². The van der Waals surface area contributed by atoms with Crippen molar-refractivity contribution < 1.29 is 9.47 Å². The van der Waals surface area contributed by atoms with Crippen LogP contribution in [-0.2, 0) is 4.74 Å². The average molecular weight is 293 g/mol. The second kappa shape index (κ2) is 8.40. The largest absolute Gasteiger partial charge is 0.496 e. The van der Waals surface area contributed by atoms with Gasteiger partial charge in [-0.25, -0.2) is 0 Å². The van der Waals surface area contributed by atoms with E-state index in [0.29, 0.717) is 6.04 Å². The van der Waals surface area contributed by atoms with Gasteiger partial charge in [0.2, 0.25) is 0 Å². The Hall–Kier alpha value is -1.06. The third-order valence-corrected chi connectivity index (χ3v) is 3.99. The number of benzene rings is 1. The number of aryl methyl sites for hydroxylation is 1. The van der Waals surface area contributed by atoms with Crippen molar-refractivity contribution in [3.63, 3.8) is 0 Å². The molecule has 0 fully saturated rings. The molecule has 0 amide bonds. The minimum Gasteiger partial charge on any atom is -0.496 e. The Bertz CT molecular complexity index is 429. The molecule has 0 aliphatic carbocycles. The van der Waals surface area contributed by atoms with E-state index in [9.17, 15) is 0 Å². The molecule has 3 heteroatoms. The van der Waals surface area contributed by atoms with Crippen LogP contribution in [-0.4, -0.2) is 26.4 Å². The van der Waals surface area contributed by atoms with E-state index >= 15 is 0 Å². The predicted molar refractivity (Wildman–Crippen MR) is 89.1 cm³/mol. The SMILES string of the molecule is CCCNC(CCC(C)(C)OC)c1cc(C)ccc1OC. The zero-order chi connectivity index (χ0) is 15.9. The highest BCUT2D eigenvalue weighted by molar-refractivity contribution is 5.39.